The lowest BCUT2D eigenvalue weighted by atomic mass is 9.74. The molecule has 2 N–H and O–H groups in total. The maximum atomic E-state index is 10.1. The molecule has 0 saturated carbocycles. The molecule has 4 rings (SSSR count). The van der Waals surface area contributed by atoms with Gasteiger partial charge in [0, 0.05) is 44.4 Å². The first kappa shape index (κ1) is 18.2. The lowest BCUT2D eigenvalue weighted by molar-refractivity contribution is 0.0959. The first-order chi connectivity index (χ1) is 13.2. The minimum atomic E-state index is -0.262. The summed E-state index contributed by atoms with van der Waals surface area (Å²) in [5, 5.41) is 19.9. The van der Waals surface area contributed by atoms with Gasteiger partial charge in [0.05, 0.1) is 6.10 Å². The SMILES string of the molecule is OCC1(Cc2ccccc2)CCN(c2nccc(N3CCC(O)C3)n2)CC1. The molecular formula is C21H28N4O2. The van der Waals surface area contributed by atoms with Crippen molar-refractivity contribution in [3.05, 3.63) is 48.2 Å². The van der Waals surface area contributed by atoms with Crippen LogP contribution < -0.4 is 9.80 Å². The van der Waals surface area contributed by atoms with Crippen molar-refractivity contribution >= 4 is 11.8 Å². The fourth-order valence-electron chi connectivity index (χ4n) is 4.22. The van der Waals surface area contributed by atoms with E-state index in [2.05, 4.69) is 39.0 Å². The topological polar surface area (TPSA) is 72.7 Å². The molecule has 27 heavy (non-hydrogen) atoms. The first-order valence-electron chi connectivity index (χ1n) is 9.83. The third-order valence-electron chi connectivity index (χ3n) is 5.98. The second kappa shape index (κ2) is 7.82. The highest BCUT2D eigenvalue weighted by molar-refractivity contribution is 5.45. The molecular weight excluding hydrogens is 340 g/mol. The van der Waals surface area contributed by atoms with E-state index in [1.165, 1.54) is 5.56 Å². The number of hydrogen-bond donors (Lipinski definition) is 2. The van der Waals surface area contributed by atoms with Gasteiger partial charge >= 0.3 is 0 Å². The van der Waals surface area contributed by atoms with Crippen molar-refractivity contribution in [3.8, 4) is 0 Å². The number of piperidine rings is 1. The number of rotatable bonds is 5. The summed E-state index contributed by atoms with van der Waals surface area (Å²) in [6.07, 6.45) is 5.09. The van der Waals surface area contributed by atoms with Crippen LogP contribution in [0.2, 0.25) is 0 Å². The zero-order chi connectivity index (χ0) is 18.7. The maximum absolute atomic E-state index is 10.1. The van der Waals surface area contributed by atoms with E-state index in [4.69, 9.17) is 4.98 Å². The Morgan fingerprint density at radius 1 is 1.04 bits per heavy atom. The molecule has 1 aromatic carbocycles. The fraction of sp³-hybridized carbons (Fsp3) is 0.524. The molecule has 1 atom stereocenters. The van der Waals surface area contributed by atoms with Crippen LogP contribution in [-0.4, -0.2) is 59.1 Å². The molecule has 2 aliphatic heterocycles. The average molecular weight is 368 g/mol. The summed E-state index contributed by atoms with van der Waals surface area (Å²) in [7, 11) is 0. The minimum absolute atomic E-state index is 0.0610. The monoisotopic (exact) mass is 368 g/mol. The molecule has 0 aliphatic carbocycles. The minimum Gasteiger partial charge on any atom is -0.396 e. The van der Waals surface area contributed by atoms with Crippen LogP contribution in [0.4, 0.5) is 11.8 Å². The number of anilines is 2. The molecule has 3 heterocycles. The van der Waals surface area contributed by atoms with Crippen LogP contribution in [0, 0.1) is 5.41 Å². The van der Waals surface area contributed by atoms with Crippen molar-refractivity contribution < 1.29 is 10.2 Å². The number of aromatic nitrogens is 2. The Balaban J connectivity index is 1.42. The Kier molecular flexibility index (Phi) is 5.27. The van der Waals surface area contributed by atoms with Gasteiger partial charge in [-0.1, -0.05) is 30.3 Å². The van der Waals surface area contributed by atoms with Crippen molar-refractivity contribution in [1.29, 1.82) is 0 Å². The summed E-state index contributed by atoms with van der Waals surface area (Å²) in [6.45, 7) is 3.38. The number of hydrogen-bond acceptors (Lipinski definition) is 6. The molecule has 0 amide bonds. The second-order valence-electron chi connectivity index (χ2n) is 7.91. The van der Waals surface area contributed by atoms with Crippen LogP contribution in [-0.2, 0) is 6.42 Å². The zero-order valence-corrected chi connectivity index (χ0v) is 15.7. The van der Waals surface area contributed by atoms with Gasteiger partial charge in [0.25, 0.3) is 0 Å². The summed E-state index contributed by atoms with van der Waals surface area (Å²) in [4.78, 5) is 13.5. The van der Waals surface area contributed by atoms with E-state index in [0.29, 0.717) is 6.54 Å². The Morgan fingerprint density at radius 3 is 2.48 bits per heavy atom. The molecule has 2 saturated heterocycles. The van der Waals surface area contributed by atoms with Crippen molar-refractivity contribution in [3.63, 3.8) is 0 Å². The van der Waals surface area contributed by atoms with Crippen LogP contribution in [0.25, 0.3) is 0 Å². The summed E-state index contributed by atoms with van der Waals surface area (Å²) < 4.78 is 0. The predicted molar refractivity (Wildman–Crippen MR) is 106 cm³/mol. The van der Waals surface area contributed by atoms with E-state index in [0.717, 1.165) is 57.1 Å². The van der Waals surface area contributed by atoms with E-state index in [9.17, 15) is 10.2 Å². The zero-order valence-electron chi connectivity index (χ0n) is 15.7. The van der Waals surface area contributed by atoms with Gasteiger partial charge in [-0.25, -0.2) is 4.98 Å². The molecule has 2 aromatic rings. The van der Waals surface area contributed by atoms with Gasteiger partial charge in [-0.2, -0.15) is 4.98 Å². The Bertz CT molecular complexity index is 747. The number of aliphatic hydroxyl groups excluding tert-OH is 2. The molecule has 1 aromatic heterocycles. The molecule has 2 fully saturated rings. The molecule has 0 bridgehead atoms. The number of benzene rings is 1. The van der Waals surface area contributed by atoms with Gasteiger partial charge in [0.15, 0.2) is 0 Å². The quantitative estimate of drug-likeness (QED) is 0.839. The van der Waals surface area contributed by atoms with Gasteiger partial charge in [-0.15, -0.1) is 0 Å². The molecule has 6 nitrogen and oxygen atoms in total. The van der Waals surface area contributed by atoms with Gasteiger partial charge in [-0.05, 0) is 37.3 Å². The molecule has 0 radical (unpaired) electrons. The van der Waals surface area contributed by atoms with Crippen molar-refractivity contribution in [2.24, 2.45) is 5.41 Å². The van der Waals surface area contributed by atoms with E-state index in [1.807, 2.05) is 12.1 Å². The number of aliphatic hydroxyl groups is 2. The second-order valence-corrected chi connectivity index (χ2v) is 7.91. The largest absolute Gasteiger partial charge is 0.396 e. The van der Waals surface area contributed by atoms with Gasteiger partial charge in [0.1, 0.15) is 5.82 Å². The fourth-order valence-corrected chi connectivity index (χ4v) is 4.22. The molecule has 2 aliphatic rings. The molecule has 1 unspecified atom stereocenters. The van der Waals surface area contributed by atoms with Crippen LogP contribution >= 0.6 is 0 Å². The first-order valence-corrected chi connectivity index (χ1v) is 9.83. The van der Waals surface area contributed by atoms with Crippen LogP contribution in [0.5, 0.6) is 0 Å². The van der Waals surface area contributed by atoms with Crippen LogP contribution in [0.1, 0.15) is 24.8 Å². The van der Waals surface area contributed by atoms with Gasteiger partial charge in [0.2, 0.25) is 5.95 Å². The Hall–Kier alpha value is -2.18. The summed E-state index contributed by atoms with van der Waals surface area (Å²) in [5.74, 6) is 1.64. The third kappa shape index (κ3) is 4.06. The molecule has 144 valence electrons. The summed E-state index contributed by atoms with van der Waals surface area (Å²) in [6, 6.07) is 12.3. The maximum Gasteiger partial charge on any atom is 0.227 e. The van der Waals surface area contributed by atoms with Crippen LogP contribution in [0.15, 0.2) is 42.6 Å². The highest BCUT2D eigenvalue weighted by Crippen LogP contribution is 2.36. The highest BCUT2D eigenvalue weighted by atomic mass is 16.3. The van der Waals surface area contributed by atoms with Crippen molar-refractivity contribution in [1.82, 2.24) is 9.97 Å². The Morgan fingerprint density at radius 2 is 1.81 bits per heavy atom. The molecule has 6 heteroatoms. The third-order valence-corrected chi connectivity index (χ3v) is 5.98. The predicted octanol–water partition coefficient (Wildman–Crippen LogP) is 1.87. The number of nitrogens with zero attached hydrogens (tertiary/aromatic N) is 4. The average Bonchev–Trinajstić information content (AvgIpc) is 3.16. The van der Waals surface area contributed by atoms with E-state index >= 15 is 0 Å². The summed E-state index contributed by atoms with van der Waals surface area (Å²) in [5.41, 5.74) is 1.22. The summed E-state index contributed by atoms with van der Waals surface area (Å²) >= 11 is 0. The van der Waals surface area contributed by atoms with Gasteiger partial charge < -0.3 is 20.0 Å². The smallest absolute Gasteiger partial charge is 0.227 e. The van der Waals surface area contributed by atoms with Crippen molar-refractivity contribution in [2.75, 3.05) is 42.6 Å². The Labute approximate surface area is 160 Å². The van der Waals surface area contributed by atoms with E-state index in [-0.39, 0.29) is 18.1 Å². The van der Waals surface area contributed by atoms with E-state index < -0.39 is 0 Å². The highest BCUT2D eigenvalue weighted by Gasteiger charge is 2.35. The standard InChI is InChI=1S/C21H28N4O2/c26-16-21(14-17-4-2-1-3-5-17)8-12-24(13-9-21)20-22-10-6-19(23-20)25-11-7-18(27)15-25/h1-6,10,18,26-27H,7-9,11-16H2. The van der Waals surface area contributed by atoms with Gasteiger partial charge in [-0.3, -0.25) is 0 Å². The lowest BCUT2D eigenvalue weighted by Crippen LogP contribution is -2.44. The molecule has 0 spiro atoms. The van der Waals surface area contributed by atoms with Crippen LogP contribution in [0.3, 0.4) is 0 Å². The van der Waals surface area contributed by atoms with Crippen molar-refractivity contribution in [2.45, 2.75) is 31.8 Å². The number of β-amino-alcohol motifs (C(OH)–C–C–N with tert-alkyl or cyclic N) is 1. The lowest BCUT2D eigenvalue weighted by Gasteiger charge is -2.41. The van der Waals surface area contributed by atoms with E-state index in [1.54, 1.807) is 6.20 Å². The normalized spacial score (nSPS) is 22.2.